The molecule has 5 unspecified atom stereocenters. The zero-order chi connectivity index (χ0) is 15.5. The van der Waals surface area contributed by atoms with Crippen molar-refractivity contribution in [2.45, 2.75) is 69.6 Å². The Balaban J connectivity index is 1.44. The summed E-state index contributed by atoms with van der Waals surface area (Å²) in [6.07, 6.45) is 8.33. The fourth-order valence-corrected chi connectivity index (χ4v) is 5.48. The number of carbonyl (C=O) groups excluding carboxylic acids is 1. The molecule has 122 valence electrons. The predicted octanol–water partition coefficient (Wildman–Crippen LogP) is 1.84. The van der Waals surface area contributed by atoms with Gasteiger partial charge in [0.05, 0.1) is 12.1 Å². The molecule has 4 aliphatic rings. The average molecular weight is 304 g/mol. The van der Waals surface area contributed by atoms with Gasteiger partial charge in [-0.1, -0.05) is 11.6 Å². The molecule has 2 N–H and O–H groups in total. The Morgan fingerprint density at radius 1 is 1.50 bits per heavy atom. The van der Waals surface area contributed by atoms with Crippen LogP contribution in [0.2, 0.25) is 0 Å². The summed E-state index contributed by atoms with van der Waals surface area (Å²) in [7, 11) is 0. The highest BCUT2D eigenvalue weighted by molar-refractivity contribution is 5.79. The van der Waals surface area contributed by atoms with E-state index in [1.165, 1.54) is 5.57 Å². The van der Waals surface area contributed by atoms with Gasteiger partial charge in [-0.25, -0.2) is 0 Å². The number of hydrogen-bond donors (Lipinski definition) is 2. The highest BCUT2D eigenvalue weighted by Crippen LogP contribution is 2.59. The Bertz CT molecular complexity index is 531. The van der Waals surface area contributed by atoms with Crippen molar-refractivity contribution in [3.05, 3.63) is 11.6 Å². The fourth-order valence-electron chi connectivity index (χ4n) is 5.48. The van der Waals surface area contributed by atoms with Crippen LogP contribution in [0, 0.1) is 11.8 Å². The molecule has 1 amide bonds. The summed E-state index contributed by atoms with van der Waals surface area (Å²) in [5.74, 6) is 1.54. The molecule has 1 heterocycles. The SMILES string of the molecule is CC1CCCN1C(=O)CNC1(C)C=C2CC3CC(O)(CC23)C1. The number of carbonyl (C=O) groups is 1. The van der Waals surface area contributed by atoms with Crippen LogP contribution in [0.15, 0.2) is 11.6 Å². The predicted molar refractivity (Wildman–Crippen MR) is 85.3 cm³/mol. The molecule has 5 atom stereocenters. The number of fused-ring (bicyclic) bond motifs is 1. The van der Waals surface area contributed by atoms with Crippen molar-refractivity contribution < 1.29 is 9.90 Å². The highest BCUT2D eigenvalue weighted by Gasteiger charge is 2.55. The van der Waals surface area contributed by atoms with Crippen molar-refractivity contribution in [3.63, 3.8) is 0 Å². The molecule has 0 aromatic rings. The van der Waals surface area contributed by atoms with Crippen LogP contribution in [0.1, 0.15) is 52.4 Å². The van der Waals surface area contributed by atoms with E-state index in [-0.39, 0.29) is 11.4 Å². The van der Waals surface area contributed by atoms with E-state index in [0.717, 1.165) is 45.1 Å². The molecule has 1 aliphatic heterocycles. The van der Waals surface area contributed by atoms with Gasteiger partial charge in [-0.05, 0) is 64.2 Å². The number of amides is 1. The van der Waals surface area contributed by atoms with E-state index in [0.29, 0.717) is 24.4 Å². The zero-order valence-electron chi connectivity index (χ0n) is 13.8. The second-order valence-electron chi connectivity index (χ2n) is 8.45. The lowest BCUT2D eigenvalue weighted by Gasteiger charge is -2.40. The van der Waals surface area contributed by atoms with Gasteiger partial charge in [0.15, 0.2) is 0 Å². The van der Waals surface area contributed by atoms with Gasteiger partial charge in [0, 0.05) is 18.1 Å². The lowest BCUT2D eigenvalue weighted by atomic mass is 9.69. The molecule has 4 heteroatoms. The van der Waals surface area contributed by atoms with Gasteiger partial charge in [0.2, 0.25) is 5.91 Å². The number of likely N-dealkylation sites (tertiary alicyclic amines) is 1. The molecule has 2 bridgehead atoms. The quantitative estimate of drug-likeness (QED) is 0.782. The molecule has 4 rings (SSSR count). The fraction of sp³-hybridized carbons (Fsp3) is 0.833. The maximum atomic E-state index is 12.4. The van der Waals surface area contributed by atoms with Crippen molar-refractivity contribution in [2.75, 3.05) is 13.1 Å². The van der Waals surface area contributed by atoms with Crippen LogP contribution < -0.4 is 5.32 Å². The number of nitrogens with zero attached hydrogens (tertiary/aromatic N) is 1. The van der Waals surface area contributed by atoms with Gasteiger partial charge in [-0.2, -0.15) is 0 Å². The van der Waals surface area contributed by atoms with Crippen LogP contribution in [0.3, 0.4) is 0 Å². The van der Waals surface area contributed by atoms with Crippen molar-refractivity contribution >= 4 is 5.91 Å². The minimum Gasteiger partial charge on any atom is -0.390 e. The molecule has 1 saturated heterocycles. The molecular weight excluding hydrogens is 276 g/mol. The van der Waals surface area contributed by atoms with Crippen LogP contribution in [0.4, 0.5) is 0 Å². The Morgan fingerprint density at radius 3 is 3.05 bits per heavy atom. The number of hydrogen-bond acceptors (Lipinski definition) is 3. The molecule has 0 radical (unpaired) electrons. The molecule has 3 fully saturated rings. The number of nitrogens with one attached hydrogen (secondary N) is 1. The second kappa shape index (κ2) is 4.81. The normalized spacial score (nSPS) is 46.2. The monoisotopic (exact) mass is 304 g/mol. The van der Waals surface area contributed by atoms with Crippen molar-refractivity contribution in [1.82, 2.24) is 10.2 Å². The smallest absolute Gasteiger partial charge is 0.236 e. The third-order valence-corrected chi connectivity index (χ3v) is 6.50. The first-order valence-corrected chi connectivity index (χ1v) is 8.86. The summed E-state index contributed by atoms with van der Waals surface area (Å²) in [5.41, 5.74) is 0.731. The van der Waals surface area contributed by atoms with E-state index in [2.05, 4.69) is 25.2 Å². The minimum absolute atomic E-state index is 0.206. The first-order valence-electron chi connectivity index (χ1n) is 8.86. The molecular formula is C18H28N2O2. The van der Waals surface area contributed by atoms with E-state index < -0.39 is 5.60 Å². The van der Waals surface area contributed by atoms with Crippen LogP contribution >= 0.6 is 0 Å². The first kappa shape index (κ1) is 14.7. The lowest BCUT2D eigenvalue weighted by molar-refractivity contribution is -0.131. The van der Waals surface area contributed by atoms with Gasteiger partial charge in [-0.15, -0.1) is 0 Å². The second-order valence-corrected chi connectivity index (χ2v) is 8.45. The highest BCUT2D eigenvalue weighted by atomic mass is 16.3. The summed E-state index contributed by atoms with van der Waals surface area (Å²) in [6.45, 7) is 5.56. The van der Waals surface area contributed by atoms with Gasteiger partial charge < -0.3 is 10.0 Å². The lowest BCUT2D eigenvalue weighted by Crippen LogP contribution is -2.51. The van der Waals surface area contributed by atoms with Crippen molar-refractivity contribution in [2.24, 2.45) is 11.8 Å². The summed E-state index contributed by atoms with van der Waals surface area (Å²) < 4.78 is 0. The topological polar surface area (TPSA) is 52.6 Å². The third-order valence-electron chi connectivity index (χ3n) is 6.50. The molecule has 0 spiro atoms. The molecule has 3 aliphatic carbocycles. The standard InChI is InChI=1S/C18H28N2O2/c1-12-4-3-5-20(12)16(21)10-19-17(2)7-13-6-14-8-18(22,11-17)9-15(13)14/h7,12,14-15,19,22H,3-6,8-11H2,1-2H3. The first-order chi connectivity index (χ1) is 10.4. The van der Waals surface area contributed by atoms with Gasteiger partial charge in [0.1, 0.15) is 0 Å². The molecule has 0 aromatic carbocycles. The summed E-state index contributed by atoms with van der Waals surface area (Å²) in [4.78, 5) is 14.4. The largest absolute Gasteiger partial charge is 0.390 e. The van der Waals surface area contributed by atoms with Crippen LogP contribution in [-0.4, -0.2) is 46.2 Å². The van der Waals surface area contributed by atoms with E-state index in [9.17, 15) is 9.90 Å². The van der Waals surface area contributed by atoms with Gasteiger partial charge in [0.25, 0.3) is 0 Å². The maximum Gasteiger partial charge on any atom is 0.236 e. The van der Waals surface area contributed by atoms with E-state index in [1.807, 2.05) is 4.90 Å². The Labute approximate surface area is 132 Å². The molecule has 2 saturated carbocycles. The van der Waals surface area contributed by atoms with Gasteiger partial charge in [-0.3, -0.25) is 10.1 Å². The van der Waals surface area contributed by atoms with Gasteiger partial charge >= 0.3 is 0 Å². The molecule has 22 heavy (non-hydrogen) atoms. The Kier molecular flexibility index (Phi) is 3.22. The Hall–Kier alpha value is -0.870. The number of aliphatic hydroxyl groups is 1. The average Bonchev–Trinajstić information content (AvgIpc) is 2.93. The summed E-state index contributed by atoms with van der Waals surface area (Å²) in [6, 6.07) is 0.377. The van der Waals surface area contributed by atoms with Crippen molar-refractivity contribution in [1.29, 1.82) is 0 Å². The third kappa shape index (κ3) is 2.31. The summed E-state index contributed by atoms with van der Waals surface area (Å²) >= 11 is 0. The zero-order valence-corrected chi connectivity index (χ0v) is 13.8. The maximum absolute atomic E-state index is 12.4. The number of rotatable bonds is 3. The van der Waals surface area contributed by atoms with Crippen molar-refractivity contribution in [3.8, 4) is 0 Å². The Morgan fingerprint density at radius 2 is 2.32 bits per heavy atom. The van der Waals surface area contributed by atoms with E-state index >= 15 is 0 Å². The van der Waals surface area contributed by atoms with Crippen LogP contribution in [-0.2, 0) is 4.79 Å². The molecule has 4 nitrogen and oxygen atoms in total. The number of allylic oxidation sites excluding steroid dienone is 1. The van der Waals surface area contributed by atoms with E-state index in [1.54, 1.807) is 0 Å². The van der Waals surface area contributed by atoms with E-state index in [4.69, 9.17) is 0 Å². The summed E-state index contributed by atoms with van der Waals surface area (Å²) in [5, 5.41) is 14.4. The molecule has 0 aromatic heterocycles. The van der Waals surface area contributed by atoms with Crippen LogP contribution in [0.5, 0.6) is 0 Å². The minimum atomic E-state index is -0.532. The van der Waals surface area contributed by atoms with Crippen LogP contribution in [0.25, 0.3) is 0 Å².